The van der Waals surface area contributed by atoms with Gasteiger partial charge in [-0.15, -0.1) is 0 Å². The highest BCUT2D eigenvalue weighted by molar-refractivity contribution is 5.81. The van der Waals surface area contributed by atoms with Crippen molar-refractivity contribution in [2.75, 3.05) is 13.2 Å². The van der Waals surface area contributed by atoms with Crippen LogP contribution in [0.25, 0.3) is 0 Å². The highest BCUT2D eigenvalue weighted by atomic mass is 16.5. The van der Waals surface area contributed by atoms with Gasteiger partial charge in [-0.05, 0) is 25.7 Å². The van der Waals surface area contributed by atoms with Crippen molar-refractivity contribution in [3.8, 4) is 0 Å². The molecule has 0 unspecified atom stereocenters. The van der Waals surface area contributed by atoms with E-state index in [-0.39, 0.29) is 11.3 Å². The van der Waals surface area contributed by atoms with Crippen molar-refractivity contribution in [2.24, 2.45) is 11.1 Å². The third-order valence-electron chi connectivity index (χ3n) is 3.14. The van der Waals surface area contributed by atoms with Gasteiger partial charge in [-0.3, -0.25) is 4.79 Å². The zero-order valence-electron chi connectivity index (χ0n) is 11.3. The summed E-state index contributed by atoms with van der Waals surface area (Å²) in [6.07, 6.45) is 4.54. The molecule has 17 heavy (non-hydrogen) atoms. The fourth-order valence-electron chi connectivity index (χ4n) is 1.91. The van der Waals surface area contributed by atoms with E-state index >= 15 is 0 Å². The van der Waals surface area contributed by atoms with Gasteiger partial charge in [0.2, 0.25) is 5.91 Å². The number of carbonyl (C=O) groups excluding carboxylic acids is 1. The van der Waals surface area contributed by atoms with Crippen LogP contribution >= 0.6 is 0 Å². The van der Waals surface area contributed by atoms with Crippen LogP contribution in [0.4, 0.5) is 0 Å². The molecule has 1 aliphatic carbocycles. The maximum absolute atomic E-state index is 11.6. The Hall–Kier alpha value is -0.610. The number of hydrogen-bond acceptors (Lipinski definition) is 3. The molecule has 1 saturated carbocycles. The highest BCUT2D eigenvalue weighted by Crippen LogP contribution is 2.19. The fourth-order valence-corrected chi connectivity index (χ4v) is 1.91. The average molecular weight is 242 g/mol. The number of nitrogens with one attached hydrogen (secondary N) is 1. The number of ether oxygens (including phenoxy) is 1. The lowest BCUT2D eigenvalue weighted by atomic mass is 9.94. The predicted molar refractivity (Wildman–Crippen MR) is 68.6 cm³/mol. The second-order valence-corrected chi connectivity index (χ2v) is 5.91. The minimum absolute atomic E-state index is 0.0757. The van der Waals surface area contributed by atoms with Crippen LogP contribution < -0.4 is 11.1 Å². The molecule has 0 aromatic rings. The Morgan fingerprint density at radius 1 is 1.29 bits per heavy atom. The van der Waals surface area contributed by atoms with E-state index in [0.717, 1.165) is 25.7 Å². The summed E-state index contributed by atoms with van der Waals surface area (Å²) in [7, 11) is 0. The van der Waals surface area contributed by atoms with Crippen molar-refractivity contribution in [1.82, 2.24) is 5.32 Å². The van der Waals surface area contributed by atoms with Gasteiger partial charge in [0.15, 0.2) is 0 Å². The van der Waals surface area contributed by atoms with Crippen molar-refractivity contribution >= 4 is 5.91 Å². The maximum atomic E-state index is 11.6. The van der Waals surface area contributed by atoms with Gasteiger partial charge in [-0.2, -0.15) is 0 Å². The fraction of sp³-hybridized carbons (Fsp3) is 0.923. The Bertz CT molecular complexity index is 240. The first-order valence-electron chi connectivity index (χ1n) is 6.55. The number of amides is 1. The SMILES string of the molecule is CC(C)(C)C(=O)NCCOC1CCC(N)CC1. The van der Waals surface area contributed by atoms with E-state index in [4.69, 9.17) is 10.5 Å². The van der Waals surface area contributed by atoms with Gasteiger partial charge in [0.05, 0.1) is 12.7 Å². The summed E-state index contributed by atoms with van der Waals surface area (Å²) in [4.78, 5) is 11.6. The molecule has 3 N–H and O–H groups in total. The molecule has 0 aliphatic heterocycles. The first-order valence-corrected chi connectivity index (χ1v) is 6.55. The van der Waals surface area contributed by atoms with Crippen LogP contribution in [-0.4, -0.2) is 31.2 Å². The topological polar surface area (TPSA) is 64.3 Å². The monoisotopic (exact) mass is 242 g/mol. The molecule has 0 bridgehead atoms. The molecular weight excluding hydrogens is 216 g/mol. The molecule has 0 aromatic carbocycles. The third-order valence-corrected chi connectivity index (χ3v) is 3.14. The van der Waals surface area contributed by atoms with Gasteiger partial charge in [0.25, 0.3) is 0 Å². The van der Waals surface area contributed by atoms with Crippen molar-refractivity contribution in [3.05, 3.63) is 0 Å². The summed E-state index contributed by atoms with van der Waals surface area (Å²) in [5.41, 5.74) is 5.50. The summed E-state index contributed by atoms with van der Waals surface area (Å²) >= 11 is 0. The number of rotatable bonds is 4. The first-order chi connectivity index (χ1) is 7.89. The first kappa shape index (κ1) is 14.5. The number of nitrogens with two attached hydrogens (primary N) is 1. The Morgan fingerprint density at radius 2 is 1.88 bits per heavy atom. The average Bonchev–Trinajstić information content (AvgIpc) is 2.25. The Labute approximate surface area is 104 Å². The second kappa shape index (κ2) is 6.36. The van der Waals surface area contributed by atoms with Crippen LogP contribution in [-0.2, 0) is 9.53 Å². The molecule has 4 nitrogen and oxygen atoms in total. The molecule has 0 heterocycles. The summed E-state index contributed by atoms with van der Waals surface area (Å²) in [5, 5.41) is 2.88. The van der Waals surface area contributed by atoms with E-state index < -0.39 is 0 Å². The molecule has 0 aromatic heterocycles. The van der Waals surface area contributed by atoms with E-state index in [1.807, 2.05) is 20.8 Å². The normalized spacial score (nSPS) is 25.6. The lowest BCUT2D eigenvalue weighted by molar-refractivity contribution is -0.128. The van der Waals surface area contributed by atoms with Gasteiger partial charge in [0, 0.05) is 18.0 Å². The van der Waals surface area contributed by atoms with Gasteiger partial charge in [-0.1, -0.05) is 20.8 Å². The number of carbonyl (C=O) groups is 1. The van der Waals surface area contributed by atoms with Crippen molar-refractivity contribution in [1.29, 1.82) is 0 Å². The van der Waals surface area contributed by atoms with Crippen molar-refractivity contribution in [2.45, 2.75) is 58.6 Å². The zero-order chi connectivity index (χ0) is 12.9. The van der Waals surface area contributed by atoms with Gasteiger partial charge in [-0.25, -0.2) is 0 Å². The second-order valence-electron chi connectivity index (χ2n) is 5.91. The van der Waals surface area contributed by atoms with Crippen molar-refractivity contribution < 1.29 is 9.53 Å². The van der Waals surface area contributed by atoms with E-state index in [1.165, 1.54) is 0 Å². The van der Waals surface area contributed by atoms with Crippen LogP contribution in [0.15, 0.2) is 0 Å². The summed E-state index contributed by atoms with van der Waals surface area (Å²) in [5.74, 6) is 0.0757. The van der Waals surface area contributed by atoms with Crippen LogP contribution in [0.2, 0.25) is 0 Å². The van der Waals surface area contributed by atoms with Gasteiger partial charge >= 0.3 is 0 Å². The summed E-state index contributed by atoms with van der Waals surface area (Å²) < 4.78 is 5.72. The van der Waals surface area contributed by atoms with Gasteiger partial charge < -0.3 is 15.8 Å². The van der Waals surface area contributed by atoms with E-state index in [2.05, 4.69) is 5.32 Å². The molecule has 4 heteroatoms. The Balaban J connectivity index is 2.07. The van der Waals surface area contributed by atoms with Gasteiger partial charge in [0.1, 0.15) is 0 Å². The van der Waals surface area contributed by atoms with Crippen LogP contribution in [0.1, 0.15) is 46.5 Å². The zero-order valence-corrected chi connectivity index (χ0v) is 11.3. The van der Waals surface area contributed by atoms with E-state index in [1.54, 1.807) is 0 Å². The van der Waals surface area contributed by atoms with E-state index in [9.17, 15) is 4.79 Å². The molecule has 1 fully saturated rings. The highest BCUT2D eigenvalue weighted by Gasteiger charge is 2.21. The maximum Gasteiger partial charge on any atom is 0.225 e. The molecule has 1 amide bonds. The van der Waals surface area contributed by atoms with Crippen LogP contribution in [0, 0.1) is 5.41 Å². The minimum Gasteiger partial charge on any atom is -0.376 e. The molecule has 1 rings (SSSR count). The van der Waals surface area contributed by atoms with Crippen molar-refractivity contribution in [3.63, 3.8) is 0 Å². The Morgan fingerprint density at radius 3 is 2.41 bits per heavy atom. The summed E-state index contributed by atoms with van der Waals surface area (Å²) in [6, 6.07) is 0.357. The smallest absolute Gasteiger partial charge is 0.225 e. The largest absolute Gasteiger partial charge is 0.376 e. The van der Waals surface area contributed by atoms with Crippen LogP contribution in [0.5, 0.6) is 0 Å². The minimum atomic E-state index is -0.322. The molecule has 100 valence electrons. The standard InChI is InChI=1S/C13H26N2O2/c1-13(2,3)12(16)15-8-9-17-11-6-4-10(14)5-7-11/h10-11H,4-9,14H2,1-3H3,(H,15,16). The molecule has 1 aliphatic rings. The molecule has 0 radical (unpaired) electrons. The lowest BCUT2D eigenvalue weighted by Gasteiger charge is -2.26. The molecule has 0 spiro atoms. The number of hydrogen-bond donors (Lipinski definition) is 2. The molecule has 0 saturated heterocycles. The molecule has 0 atom stereocenters. The third kappa shape index (κ3) is 5.50. The molecular formula is C13H26N2O2. The van der Waals surface area contributed by atoms with E-state index in [0.29, 0.717) is 25.3 Å². The summed E-state index contributed by atoms with van der Waals surface area (Å²) in [6.45, 7) is 6.92. The lowest BCUT2D eigenvalue weighted by Crippen LogP contribution is -2.37. The quantitative estimate of drug-likeness (QED) is 0.733. The predicted octanol–water partition coefficient (Wildman–Crippen LogP) is 1.44. The van der Waals surface area contributed by atoms with Crippen LogP contribution in [0.3, 0.4) is 0 Å². The Kier molecular flexibility index (Phi) is 5.40.